The van der Waals surface area contributed by atoms with Gasteiger partial charge in [-0.1, -0.05) is 193 Å². The third-order valence-electron chi connectivity index (χ3n) is 12.9. The van der Waals surface area contributed by atoms with E-state index in [9.17, 15) is 5.11 Å². The van der Waals surface area contributed by atoms with Crippen molar-refractivity contribution < 1.29 is 30.3 Å². The molecule has 346 valence electrons. The molecule has 0 saturated heterocycles. The van der Waals surface area contributed by atoms with Crippen LogP contribution in [0.2, 0.25) is 0 Å². The minimum atomic E-state index is -2.51. The van der Waals surface area contributed by atoms with Gasteiger partial charge in [0.05, 0.1) is 22.3 Å². The molecule has 68 heavy (non-hydrogen) atoms. The monoisotopic (exact) mass is 1070 g/mol. The van der Waals surface area contributed by atoms with Crippen LogP contribution >= 0.6 is 0 Å². The van der Waals surface area contributed by atoms with Crippen LogP contribution in [-0.4, -0.2) is 19.6 Å². The van der Waals surface area contributed by atoms with Gasteiger partial charge in [-0.25, -0.2) is 4.98 Å². The van der Waals surface area contributed by atoms with E-state index in [0.717, 1.165) is 66.9 Å². The van der Waals surface area contributed by atoms with E-state index in [1.165, 1.54) is 16.7 Å². The maximum absolute atomic E-state index is 12.5. The summed E-state index contributed by atoms with van der Waals surface area (Å²) in [4.78, 5) is 10.5. The van der Waals surface area contributed by atoms with Gasteiger partial charge in [-0.2, -0.15) is 0 Å². The second kappa shape index (κ2) is 18.3. The number of imidazole rings is 1. The number of hydrogen-bond donors (Lipinski definition) is 1. The fourth-order valence-electron chi connectivity index (χ4n) is 9.17. The van der Waals surface area contributed by atoms with E-state index >= 15 is 0 Å². The number of aromatic nitrogens is 3. The predicted octanol–water partition coefficient (Wildman–Crippen LogP) is 16.7. The zero-order chi connectivity index (χ0) is 50.1. The van der Waals surface area contributed by atoms with Crippen molar-refractivity contribution in [1.82, 2.24) is 14.5 Å². The molecule has 5 heteroatoms. The summed E-state index contributed by atoms with van der Waals surface area (Å²) >= 11 is 0. The van der Waals surface area contributed by atoms with Crippen LogP contribution in [0, 0.1) is 26.8 Å². The van der Waals surface area contributed by atoms with Crippen molar-refractivity contribution in [3.8, 4) is 78.6 Å². The predicted molar refractivity (Wildman–Crippen MR) is 282 cm³/mol. The maximum atomic E-state index is 12.5. The maximum Gasteiger partial charge on any atom is 0.148 e. The Morgan fingerprint density at radius 2 is 1.18 bits per heavy atom. The minimum absolute atomic E-state index is 0. The van der Waals surface area contributed by atoms with Gasteiger partial charge >= 0.3 is 0 Å². The summed E-state index contributed by atoms with van der Waals surface area (Å²) in [6.45, 7) is 21.0. The number of para-hydroxylation sites is 1. The Hall–Kier alpha value is -6.35. The van der Waals surface area contributed by atoms with Crippen molar-refractivity contribution in [2.45, 2.75) is 99.3 Å². The number of aromatic hydroxyl groups is 1. The number of rotatable bonds is 7. The molecule has 1 N–H and O–H groups in total. The van der Waals surface area contributed by atoms with Crippen LogP contribution in [-0.2, 0) is 37.3 Å². The Morgan fingerprint density at radius 1 is 0.544 bits per heavy atom. The van der Waals surface area contributed by atoms with E-state index in [-0.39, 0.29) is 43.2 Å². The summed E-state index contributed by atoms with van der Waals surface area (Å²) in [6, 6.07) is 53.3. The topological polar surface area (TPSA) is 50.9 Å². The van der Waals surface area contributed by atoms with E-state index < -0.39 is 12.3 Å². The first-order chi connectivity index (χ1) is 32.9. The molecule has 0 saturated carbocycles. The molecule has 0 amide bonds. The third-order valence-corrected chi connectivity index (χ3v) is 12.9. The van der Waals surface area contributed by atoms with Crippen molar-refractivity contribution in [2.75, 3.05) is 0 Å². The van der Waals surface area contributed by atoms with Gasteiger partial charge in [-0.05, 0) is 112 Å². The first-order valence-electron chi connectivity index (χ1n) is 24.8. The molecule has 2 heterocycles. The van der Waals surface area contributed by atoms with Crippen LogP contribution < -0.4 is 0 Å². The average molecular weight is 1080 g/mol. The van der Waals surface area contributed by atoms with Crippen LogP contribution in [0.5, 0.6) is 5.75 Å². The number of hydrogen-bond acceptors (Lipinski definition) is 3. The van der Waals surface area contributed by atoms with Gasteiger partial charge in [0.15, 0.2) is 0 Å². The molecule has 0 aliphatic heterocycles. The number of nitrogens with zero attached hydrogens (tertiary/aromatic N) is 3. The second-order valence-electron chi connectivity index (χ2n) is 21.3. The Balaban J connectivity index is 0.00000676. The van der Waals surface area contributed by atoms with Crippen LogP contribution in [0.1, 0.15) is 99.8 Å². The zero-order valence-electron chi connectivity index (χ0n) is 44.0. The number of benzene rings is 7. The molecule has 4 nitrogen and oxygen atoms in total. The van der Waals surface area contributed by atoms with E-state index in [0.29, 0.717) is 28.1 Å². The number of fused-ring (bicyclic) bond motifs is 1. The normalized spacial score (nSPS) is 12.9. The van der Waals surface area contributed by atoms with Crippen molar-refractivity contribution in [3.05, 3.63) is 191 Å². The number of aryl methyl sites for hydroxylation is 3. The Morgan fingerprint density at radius 3 is 1.84 bits per heavy atom. The van der Waals surface area contributed by atoms with Crippen molar-refractivity contribution in [2.24, 2.45) is 0 Å². The second-order valence-corrected chi connectivity index (χ2v) is 21.3. The molecule has 0 unspecified atom stereocenters. The smallest absolute Gasteiger partial charge is 0.148 e. The summed E-state index contributed by atoms with van der Waals surface area (Å²) < 4.78 is 29.1. The van der Waals surface area contributed by atoms with E-state index in [2.05, 4.69) is 161 Å². The summed E-state index contributed by atoms with van der Waals surface area (Å²) in [5, 5.41) is 12.5. The minimum Gasteiger partial charge on any atom is -0.507 e. The standard InChI is InChI=1S/C63H62N3O.Pt/c1-39-29-40(2)31-46(30-39)45-27-28-64-55(36-45)49-34-47(42-17-14-13-15-18-42)33-48(35-49)52-19-16-20-57-58(52)65-60(53-37-51(62(7,8)9)38-54(59(53)67)63(10,11)12)66(57)56-26-23-44(32-41(56)3)43-21-24-50(25-22-43)61(4,5)6;/h13-34,36-38,67H,1-12H3;/q-1;/i3D3;. The molecule has 0 bridgehead atoms. The summed E-state index contributed by atoms with van der Waals surface area (Å²) in [5.74, 6) is 0.547. The average Bonchev–Trinajstić information content (AvgIpc) is 3.69. The SMILES string of the molecule is [2H]C([2H])([2H])c1cc(-c2ccc(C(C)(C)C)cc2)ccc1-n1c(-c2cc(C(C)(C)C)cc(C(C)(C)C)c2O)nc2c(-c3[c-]c(-c4cc(-c5cc(C)cc(C)c5)ccn4)cc(-c4ccccc4)c3)cccc21.[Pt]. The number of phenols is 1. The van der Waals surface area contributed by atoms with Gasteiger partial charge in [0, 0.05) is 42.6 Å². The molecule has 0 spiro atoms. The van der Waals surface area contributed by atoms with Gasteiger partial charge < -0.3 is 5.11 Å². The number of pyridine rings is 1. The molecule has 9 aromatic rings. The largest absolute Gasteiger partial charge is 0.507 e. The van der Waals surface area contributed by atoms with Crippen LogP contribution in [0.15, 0.2) is 152 Å². The summed E-state index contributed by atoms with van der Waals surface area (Å²) in [7, 11) is 0. The van der Waals surface area contributed by atoms with Gasteiger partial charge in [-0.15, -0.1) is 23.8 Å². The van der Waals surface area contributed by atoms with Gasteiger partial charge in [-0.3, -0.25) is 9.55 Å². The Bertz CT molecular complexity index is 3420. The quantitative estimate of drug-likeness (QED) is 0.162. The number of phenolic OH excluding ortho intramolecular Hbond substituents is 1. The first kappa shape index (κ1) is 44.2. The van der Waals surface area contributed by atoms with Crippen molar-refractivity contribution >= 4 is 11.0 Å². The molecule has 7 aromatic carbocycles. The zero-order valence-corrected chi connectivity index (χ0v) is 43.3. The fraction of sp³-hybridized carbons (Fsp3) is 0.238. The van der Waals surface area contributed by atoms with E-state index in [4.69, 9.17) is 14.1 Å². The molecule has 0 aliphatic carbocycles. The molecule has 2 aromatic heterocycles. The molecule has 0 aliphatic rings. The summed E-state index contributed by atoms with van der Waals surface area (Å²) in [5.41, 5.74) is 16.3. The molecular formula is C63H62N3OPt-. The third kappa shape index (κ3) is 9.54. The molecule has 0 fully saturated rings. The van der Waals surface area contributed by atoms with E-state index in [1.54, 1.807) is 6.07 Å². The fourth-order valence-corrected chi connectivity index (χ4v) is 9.17. The van der Waals surface area contributed by atoms with Gasteiger partial charge in [0.1, 0.15) is 11.6 Å². The Labute approximate surface area is 422 Å². The Kier molecular flexibility index (Phi) is 11.9. The molecule has 0 radical (unpaired) electrons. The molecular weight excluding hydrogens is 1010 g/mol. The first-order valence-corrected chi connectivity index (χ1v) is 23.3. The van der Waals surface area contributed by atoms with Crippen molar-refractivity contribution in [1.29, 1.82) is 0 Å². The van der Waals surface area contributed by atoms with Crippen LogP contribution in [0.4, 0.5) is 0 Å². The van der Waals surface area contributed by atoms with Crippen molar-refractivity contribution in [3.63, 3.8) is 0 Å². The van der Waals surface area contributed by atoms with Gasteiger partial charge in [0.25, 0.3) is 0 Å². The van der Waals surface area contributed by atoms with Crippen LogP contribution in [0.25, 0.3) is 83.9 Å². The van der Waals surface area contributed by atoms with Crippen LogP contribution in [0.3, 0.4) is 0 Å². The van der Waals surface area contributed by atoms with E-state index in [1.807, 2.05) is 71.4 Å². The summed E-state index contributed by atoms with van der Waals surface area (Å²) in [6.07, 6.45) is 1.86. The van der Waals surface area contributed by atoms with Gasteiger partial charge in [0.2, 0.25) is 0 Å². The molecule has 0 atom stereocenters. The molecule has 9 rings (SSSR count).